The number of hydrogen-bond acceptors (Lipinski definition) is 5. The molecule has 148 valence electrons. The molecule has 0 bridgehead atoms. The highest BCUT2D eigenvalue weighted by Crippen LogP contribution is 2.16. The van der Waals surface area contributed by atoms with Crippen LogP contribution < -0.4 is 5.32 Å². The Labute approximate surface area is 164 Å². The summed E-state index contributed by atoms with van der Waals surface area (Å²) in [4.78, 5) is 21.9. The fraction of sp³-hybridized carbons (Fsp3) is 0.381. The number of aromatic nitrogens is 2. The van der Waals surface area contributed by atoms with Gasteiger partial charge < -0.3 is 15.3 Å². The number of carbonyl (C=O) groups is 1. The molecule has 0 spiro atoms. The van der Waals surface area contributed by atoms with Crippen LogP contribution in [0, 0.1) is 5.82 Å². The van der Waals surface area contributed by atoms with Gasteiger partial charge in [-0.1, -0.05) is 12.1 Å². The lowest BCUT2D eigenvalue weighted by Crippen LogP contribution is -2.43. The van der Waals surface area contributed by atoms with Crippen molar-refractivity contribution in [3.05, 3.63) is 59.3 Å². The summed E-state index contributed by atoms with van der Waals surface area (Å²) >= 11 is 0. The van der Waals surface area contributed by atoms with Crippen LogP contribution in [0.25, 0.3) is 6.08 Å². The van der Waals surface area contributed by atoms with E-state index in [1.807, 2.05) is 6.07 Å². The van der Waals surface area contributed by atoms with Crippen molar-refractivity contribution in [1.82, 2.24) is 14.9 Å². The fourth-order valence-electron chi connectivity index (χ4n) is 3.34. The predicted molar refractivity (Wildman–Crippen MR) is 107 cm³/mol. The number of aliphatic carboxylic acids is 1. The first kappa shape index (κ1) is 19.9. The van der Waals surface area contributed by atoms with Gasteiger partial charge in [0.15, 0.2) is 0 Å². The molecule has 1 saturated heterocycles. The molecule has 0 amide bonds. The summed E-state index contributed by atoms with van der Waals surface area (Å²) in [5.74, 6) is -0.474. The van der Waals surface area contributed by atoms with Crippen molar-refractivity contribution < 1.29 is 14.3 Å². The second-order valence-electron chi connectivity index (χ2n) is 7.12. The highest BCUT2D eigenvalue weighted by Gasteiger charge is 2.20. The van der Waals surface area contributed by atoms with Crippen LogP contribution in [0.4, 0.5) is 10.2 Å². The number of hydrogen-bond donors (Lipinski definition) is 2. The Morgan fingerprint density at radius 3 is 2.96 bits per heavy atom. The Balaban J connectivity index is 1.52. The van der Waals surface area contributed by atoms with E-state index in [4.69, 9.17) is 5.11 Å². The molecule has 1 aromatic heterocycles. The average molecular weight is 384 g/mol. The lowest BCUT2D eigenvalue weighted by Gasteiger charge is -2.33. The number of nitrogens with zero attached hydrogens (tertiary/aromatic N) is 3. The molecule has 2 aromatic rings. The maximum Gasteiger partial charge on any atom is 0.331 e. The summed E-state index contributed by atoms with van der Waals surface area (Å²) in [6, 6.07) is 7.05. The van der Waals surface area contributed by atoms with Crippen LogP contribution in [0.1, 0.15) is 31.0 Å². The SMILES string of the molecule is CC(=Cc1cnc(N[C@@H]2CCCN(CCc3cccc(F)c3)C2)cn1)C(=O)O. The van der Waals surface area contributed by atoms with E-state index >= 15 is 0 Å². The van der Waals surface area contributed by atoms with E-state index in [-0.39, 0.29) is 17.4 Å². The number of halogens is 1. The van der Waals surface area contributed by atoms with E-state index < -0.39 is 5.97 Å². The third-order valence-corrected chi connectivity index (χ3v) is 4.84. The number of benzene rings is 1. The number of piperidine rings is 1. The van der Waals surface area contributed by atoms with E-state index in [9.17, 15) is 9.18 Å². The maximum absolute atomic E-state index is 13.3. The predicted octanol–water partition coefficient (Wildman–Crippen LogP) is 3.22. The molecule has 1 aliphatic heterocycles. The van der Waals surface area contributed by atoms with E-state index in [1.165, 1.54) is 19.1 Å². The van der Waals surface area contributed by atoms with Crippen molar-refractivity contribution in [1.29, 1.82) is 0 Å². The first-order valence-corrected chi connectivity index (χ1v) is 9.46. The largest absolute Gasteiger partial charge is 0.478 e. The van der Waals surface area contributed by atoms with Gasteiger partial charge in [-0.05, 0) is 56.5 Å². The molecule has 1 aromatic carbocycles. The smallest absolute Gasteiger partial charge is 0.331 e. The molecule has 1 aliphatic rings. The van der Waals surface area contributed by atoms with Gasteiger partial charge in [-0.3, -0.25) is 4.98 Å². The zero-order chi connectivity index (χ0) is 19.9. The van der Waals surface area contributed by atoms with Crippen LogP contribution in [-0.2, 0) is 11.2 Å². The van der Waals surface area contributed by atoms with Crippen molar-refractivity contribution >= 4 is 17.9 Å². The lowest BCUT2D eigenvalue weighted by atomic mass is 10.0. The van der Waals surface area contributed by atoms with E-state index in [0.29, 0.717) is 11.5 Å². The van der Waals surface area contributed by atoms with Gasteiger partial charge in [0.2, 0.25) is 0 Å². The molecule has 1 atom stereocenters. The topological polar surface area (TPSA) is 78.4 Å². The second-order valence-corrected chi connectivity index (χ2v) is 7.12. The molecule has 6 nitrogen and oxygen atoms in total. The van der Waals surface area contributed by atoms with Gasteiger partial charge in [-0.2, -0.15) is 0 Å². The minimum atomic E-state index is -0.968. The summed E-state index contributed by atoms with van der Waals surface area (Å²) < 4.78 is 13.3. The molecule has 28 heavy (non-hydrogen) atoms. The van der Waals surface area contributed by atoms with Crippen LogP contribution in [0.15, 0.2) is 42.2 Å². The molecule has 0 radical (unpaired) electrons. The van der Waals surface area contributed by atoms with Crippen molar-refractivity contribution in [2.24, 2.45) is 0 Å². The highest BCUT2D eigenvalue weighted by molar-refractivity contribution is 5.91. The molecule has 1 fully saturated rings. The van der Waals surface area contributed by atoms with Crippen molar-refractivity contribution in [3.63, 3.8) is 0 Å². The Morgan fingerprint density at radius 1 is 1.39 bits per heavy atom. The van der Waals surface area contributed by atoms with E-state index in [1.54, 1.807) is 24.5 Å². The Hall–Kier alpha value is -2.80. The lowest BCUT2D eigenvalue weighted by molar-refractivity contribution is -0.132. The average Bonchev–Trinajstić information content (AvgIpc) is 2.68. The van der Waals surface area contributed by atoms with Crippen molar-refractivity contribution in [3.8, 4) is 0 Å². The summed E-state index contributed by atoms with van der Waals surface area (Å²) in [6.45, 7) is 4.36. The third kappa shape index (κ3) is 5.85. The first-order valence-electron chi connectivity index (χ1n) is 9.46. The number of carboxylic acid groups (broad SMARTS) is 1. The molecule has 7 heteroatoms. The van der Waals surface area contributed by atoms with Crippen LogP contribution in [0.5, 0.6) is 0 Å². The van der Waals surface area contributed by atoms with Crippen LogP contribution in [0.3, 0.4) is 0 Å². The summed E-state index contributed by atoms with van der Waals surface area (Å²) in [7, 11) is 0. The highest BCUT2D eigenvalue weighted by atomic mass is 19.1. The number of nitrogens with one attached hydrogen (secondary N) is 1. The molecular formula is C21H25FN4O2. The number of likely N-dealkylation sites (tertiary alicyclic amines) is 1. The Morgan fingerprint density at radius 2 is 2.25 bits per heavy atom. The van der Waals surface area contributed by atoms with Crippen molar-refractivity contribution in [2.75, 3.05) is 25.0 Å². The molecule has 0 unspecified atom stereocenters. The minimum Gasteiger partial charge on any atom is -0.478 e. The first-order chi connectivity index (χ1) is 13.5. The number of rotatable bonds is 7. The van der Waals surface area contributed by atoms with E-state index in [2.05, 4.69) is 20.2 Å². The van der Waals surface area contributed by atoms with Crippen molar-refractivity contribution in [2.45, 2.75) is 32.2 Å². The van der Waals surface area contributed by atoms with Gasteiger partial charge >= 0.3 is 5.97 Å². The summed E-state index contributed by atoms with van der Waals surface area (Å²) in [6.07, 6.45) is 7.67. The zero-order valence-electron chi connectivity index (χ0n) is 15.9. The Kier molecular flexibility index (Phi) is 6.71. The Bertz CT molecular complexity index is 839. The van der Waals surface area contributed by atoms with Gasteiger partial charge in [-0.25, -0.2) is 14.2 Å². The van der Waals surface area contributed by atoms with E-state index in [0.717, 1.165) is 44.5 Å². The second kappa shape index (κ2) is 9.41. The monoisotopic (exact) mass is 384 g/mol. The fourth-order valence-corrected chi connectivity index (χ4v) is 3.34. The third-order valence-electron chi connectivity index (χ3n) is 4.84. The van der Waals surface area contributed by atoms with Gasteiger partial charge in [0.05, 0.1) is 18.1 Å². The van der Waals surface area contributed by atoms with Gasteiger partial charge in [-0.15, -0.1) is 0 Å². The summed E-state index contributed by atoms with van der Waals surface area (Å²) in [5.41, 5.74) is 1.75. The molecule has 0 saturated carbocycles. The molecule has 0 aliphatic carbocycles. The molecule has 3 rings (SSSR count). The zero-order valence-corrected chi connectivity index (χ0v) is 15.9. The molecule has 2 N–H and O–H groups in total. The van der Waals surface area contributed by atoms with Crippen LogP contribution >= 0.6 is 0 Å². The number of carboxylic acids is 1. The van der Waals surface area contributed by atoms with Gasteiger partial charge in [0.25, 0.3) is 0 Å². The standard InChI is InChI=1S/C21H25FN4O2/c1-15(21(27)28)10-19-12-24-20(13-23-19)25-18-6-3-8-26(14-18)9-7-16-4-2-5-17(22)11-16/h2,4-5,10-13,18H,3,6-9,14H2,1H3,(H,24,25)(H,27,28)/t18-/m1/s1. The van der Waals surface area contributed by atoms with Gasteiger partial charge in [0.1, 0.15) is 11.6 Å². The normalized spacial score (nSPS) is 18.1. The molecule has 2 heterocycles. The summed E-state index contributed by atoms with van der Waals surface area (Å²) in [5, 5.41) is 12.3. The molecular weight excluding hydrogens is 359 g/mol. The van der Waals surface area contributed by atoms with Crippen LogP contribution in [0.2, 0.25) is 0 Å². The quantitative estimate of drug-likeness (QED) is 0.714. The maximum atomic E-state index is 13.3. The van der Waals surface area contributed by atoms with Crippen LogP contribution in [-0.4, -0.2) is 51.6 Å². The minimum absolute atomic E-state index is 0.189. The van der Waals surface area contributed by atoms with Gasteiger partial charge in [0, 0.05) is 24.7 Å². The number of anilines is 1.